The van der Waals surface area contributed by atoms with E-state index in [9.17, 15) is 4.79 Å². The number of benzene rings is 2. The number of nitrogens with one attached hydrogen (secondary N) is 1. The van der Waals surface area contributed by atoms with Crippen LogP contribution in [-0.4, -0.2) is 34.4 Å². The van der Waals surface area contributed by atoms with Gasteiger partial charge in [-0.2, -0.15) is 4.98 Å². The molecule has 1 fully saturated rings. The van der Waals surface area contributed by atoms with Crippen molar-refractivity contribution < 1.29 is 9.21 Å². The summed E-state index contributed by atoms with van der Waals surface area (Å²) >= 11 is 6.01. The predicted octanol–water partition coefficient (Wildman–Crippen LogP) is 4.59. The molecule has 134 valence electrons. The normalized spacial score (nSPS) is 20.3. The van der Waals surface area contributed by atoms with Gasteiger partial charge < -0.3 is 14.6 Å². The minimum absolute atomic E-state index is 0.0371. The highest BCUT2D eigenvalue weighted by Gasteiger charge is 2.32. The summed E-state index contributed by atoms with van der Waals surface area (Å²) in [6, 6.07) is 15.4. The third-order valence-electron chi connectivity index (χ3n) is 4.93. The fraction of sp³-hybridized carbons (Fsp3) is 0.300. The molecule has 2 aromatic carbocycles. The van der Waals surface area contributed by atoms with E-state index in [1.54, 1.807) is 12.1 Å². The Morgan fingerprint density at radius 3 is 2.88 bits per heavy atom. The van der Waals surface area contributed by atoms with Gasteiger partial charge in [0, 0.05) is 23.2 Å². The zero-order chi connectivity index (χ0) is 18.1. The number of hydrogen-bond acceptors (Lipinski definition) is 4. The van der Waals surface area contributed by atoms with Crippen molar-refractivity contribution in [2.75, 3.05) is 11.9 Å². The van der Waals surface area contributed by atoms with Gasteiger partial charge in [0.1, 0.15) is 5.52 Å². The molecule has 4 rings (SSSR count). The van der Waals surface area contributed by atoms with Crippen molar-refractivity contribution in [3.8, 4) is 0 Å². The molecule has 1 saturated heterocycles. The molecule has 5 nitrogen and oxygen atoms in total. The lowest BCUT2D eigenvalue weighted by atomic mass is 9.96. The maximum Gasteiger partial charge on any atom is 0.295 e. The Morgan fingerprint density at radius 2 is 2.08 bits per heavy atom. The van der Waals surface area contributed by atoms with Crippen LogP contribution >= 0.6 is 11.6 Å². The molecule has 1 aliphatic heterocycles. The maximum atomic E-state index is 12.8. The predicted molar refractivity (Wildman–Crippen MR) is 103 cm³/mol. The molecule has 1 aliphatic rings. The van der Waals surface area contributed by atoms with Crippen LogP contribution in [0.4, 0.5) is 6.01 Å². The van der Waals surface area contributed by atoms with Gasteiger partial charge in [-0.3, -0.25) is 4.79 Å². The summed E-state index contributed by atoms with van der Waals surface area (Å²) in [5, 5.41) is 3.99. The largest absolute Gasteiger partial charge is 0.424 e. The molecule has 0 bridgehead atoms. The van der Waals surface area contributed by atoms with Gasteiger partial charge in [0.25, 0.3) is 11.9 Å². The van der Waals surface area contributed by atoms with Gasteiger partial charge in [-0.25, -0.2) is 0 Å². The number of fused-ring (bicyclic) bond motifs is 1. The van der Waals surface area contributed by atoms with Gasteiger partial charge in [-0.1, -0.05) is 29.8 Å². The van der Waals surface area contributed by atoms with E-state index < -0.39 is 0 Å². The fourth-order valence-electron chi connectivity index (χ4n) is 3.49. The summed E-state index contributed by atoms with van der Waals surface area (Å²) in [6.07, 6.45) is 1.89. The molecule has 0 unspecified atom stereocenters. The second kappa shape index (κ2) is 7.00. The highest BCUT2D eigenvalue weighted by molar-refractivity contribution is 6.31. The highest BCUT2D eigenvalue weighted by Crippen LogP contribution is 2.26. The Balaban J connectivity index is 1.52. The van der Waals surface area contributed by atoms with Gasteiger partial charge in [-0.15, -0.1) is 0 Å². The second-order valence-electron chi connectivity index (χ2n) is 6.63. The van der Waals surface area contributed by atoms with E-state index in [1.165, 1.54) is 0 Å². The van der Waals surface area contributed by atoms with Crippen molar-refractivity contribution in [3.05, 3.63) is 59.1 Å². The lowest BCUT2D eigenvalue weighted by Crippen LogP contribution is -2.52. The second-order valence-corrected chi connectivity index (χ2v) is 7.07. The lowest BCUT2D eigenvalue weighted by Gasteiger charge is -2.39. The number of rotatable bonds is 3. The molecular weight excluding hydrogens is 350 g/mol. The smallest absolute Gasteiger partial charge is 0.295 e. The topological polar surface area (TPSA) is 58.4 Å². The van der Waals surface area contributed by atoms with Gasteiger partial charge in [0.05, 0.1) is 6.04 Å². The summed E-state index contributed by atoms with van der Waals surface area (Å²) < 4.78 is 5.77. The number of piperidine rings is 1. The third kappa shape index (κ3) is 3.27. The van der Waals surface area contributed by atoms with Crippen molar-refractivity contribution in [1.82, 2.24) is 9.88 Å². The molecule has 3 aromatic rings. The van der Waals surface area contributed by atoms with Crippen molar-refractivity contribution in [2.45, 2.75) is 31.8 Å². The van der Waals surface area contributed by atoms with Crippen LogP contribution in [-0.2, 0) is 0 Å². The quantitative estimate of drug-likeness (QED) is 0.733. The number of carbonyl (C=O) groups is 1. The van der Waals surface area contributed by atoms with Gasteiger partial charge in [0.15, 0.2) is 5.58 Å². The van der Waals surface area contributed by atoms with E-state index in [0.717, 1.165) is 30.5 Å². The summed E-state index contributed by atoms with van der Waals surface area (Å²) in [4.78, 5) is 19.2. The standard InChI is InChI=1S/C20H20ClN3O2/c1-13-16(22-20-23-17-12-15(21)9-10-18(17)26-20)8-5-11-24(13)19(25)14-6-3-2-4-7-14/h2-4,6-7,9-10,12-13,16H,5,8,11H2,1H3,(H,22,23)/t13-,16-/m1/s1. The monoisotopic (exact) mass is 369 g/mol. The fourth-order valence-corrected chi connectivity index (χ4v) is 3.66. The van der Waals surface area contributed by atoms with Crippen molar-refractivity contribution >= 4 is 34.6 Å². The minimum Gasteiger partial charge on any atom is -0.424 e. The molecule has 0 spiro atoms. The van der Waals surface area contributed by atoms with Crippen LogP contribution < -0.4 is 5.32 Å². The molecule has 0 aliphatic carbocycles. The minimum atomic E-state index is 0.0371. The zero-order valence-electron chi connectivity index (χ0n) is 14.5. The number of likely N-dealkylation sites (tertiary alicyclic amines) is 1. The number of anilines is 1. The van der Waals surface area contributed by atoms with Crippen molar-refractivity contribution in [3.63, 3.8) is 0 Å². The number of nitrogens with zero attached hydrogens (tertiary/aromatic N) is 2. The summed E-state index contributed by atoms with van der Waals surface area (Å²) in [7, 11) is 0. The van der Waals surface area contributed by atoms with E-state index in [2.05, 4.69) is 17.2 Å². The highest BCUT2D eigenvalue weighted by atomic mass is 35.5. The van der Waals surface area contributed by atoms with Crippen LogP contribution in [0.2, 0.25) is 5.02 Å². The first-order valence-electron chi connectivity index (χ1n) is 8.80. The summed E-state index contributed by atoms with van der Waals surface area (Å²) in [5.41, 5.74) is 2.13. The van der Waals surface area contributed by atoms with E-state index in [4.69, 9.17) is 16.0 Å². The Bertz CT molecular complexity index is 925. The molecular formula is C20H20ClN3O2. The first-order valence-corrected chi connectivity index (χ1v) is 9.18. The van der Waals surface area contributed by atoms with Crippen LogP contribution in [0.1, 0.15) is 30.1 Å². The molecule has 6 heteroatoms. The molecule has 26 heavy (non-hydrogen) atoms. The molecule has 0 saturated carbocycles. The Hall–Kier alpha value is -2.53. The SMILES string of the molecule is C[C@@H]1[C@H](Nc2nc3cc(Cl)ccc3o2)CCCN1C(=O)c1ccccc1. The number of amides is 1. The number of oxazole rings is 1. The number of aromatic nitrogens is 1. The van der Waals surface area contributed by atoms with Gasteiger partial charge in [0.2, 0.25) is 0 Å². The first-order chi connectivity index (χ1) is 12.6. The van der Waals surface area contributed by atoms with E-state index in [0.29, 0.717) is 16.6 Å². The Morgan fingerprint density at radius 1 is 1.27 bits per heavy atom. The summed E-state index contributed by atoms with van der Waals surface area (Å²) in [5.74, 6) is 0.0638. The van der Waals surface area contributed by atoms with Crippen molar-refractivity contribution in [1.29, 1.82) is 0 Å². The lowest BCUT2D eigenvalue weighted by molar-refractivity contribution is 0.0615. The van der Waals surface area contributed by atoms with E-state index >= 15 is 0 Å². The molecule has 2 atom stereocenters. The number of carbonyl (C=O) groups excluding carboxylic acids is 1. The Labute approximate surface area is 157 Å². The number of halogens is 1. The van der Waals surface area contributed by atoms with Crippen molar-refractivity contribution in [2.24, 2.45) is 0 Å². The molecule has 2 heterocycles. The van der Waals surface area contributed by atoms with Crippen LogP contribution in [0.3, 0.4) is 0 Å². The molecule has 1 aromatic heterocycles. The van der Waals surface area contributed by atoms with Gasteiger partial charge >= 0.3 is 0 Å². The maximum absolute atomic E-state index is 12.8. The Kier molecular flexibility index (Phi) is 4.55. The average molecular weight is 370 g/mol. The van der Waals surface area contributed by atoms with E-state index in [1.807, 2.05) is 41.3 Å². The van der Waals surface area contributed by atoms with Crippen LogP contribution in [0.15, 0.2) is 52.9 Å². The third-order valence-corrected chi connectivity index (χ3v) is 5.16. The number of hydrogen-bond donors (Lipinski definition) is 1. The summed E-state index contributed by atoms with van der Waals surface area (Å²) in [6.45, 7) is 2.83. The van der Waals surface area contributed by atoms with Crippen LogP contribution in [0.25, 0.3) is 11.1 Å². The van der Waals surface area contributed by atoms with Crippen LogP contribution in [0, 0.1) is 0 Å². The van der Waals surface area contributed by atoms with Crippen LogP contribution in [0.5, 0.6) is 0 Å². The molecule has 0 radical (unpaired) electrons. The molecule has 1 amide bonds. The first kappa shape index (κ1) is 16.9. The average Bonchev–Trinajstić information content (AvgIpc) is 3.05. The van der Waals surface area contributed by atoms with Gasteiger partial charge in [-0.05, 0) is 50.1 Å². The zero-order valence-corrected chi connectivity index (χ0v) is 15.2. The molecule has 1 N–H and O–H groups in total. The van der Waals surface area contributed by atoms with E-state index in [-0.39, 0.29) is 18.0 Å².